The molecule has 4 N–H and O–H groups in total. The molecule has 1 atom stereocenters. The van der Waals surface area contributed by atoms with Crippen LogP contribution in [0.3, 0.4) is 0 Å². The van der Waals surface area contributed by atoms with Gasteiger partial charge in [0.05, 0.1) is 6.54 Å². The maximum absolute atomic E-state index is 10.3. The van der Waals surface area contributed by atoms with Crippen LogP contribution in [0.4, 0.5) is 0 Å². The quantitative estimate of drug-likeness (QED) is 0.367. The number of nitrogens with one attached hydrogen (secondary N) is 1. The predicted molar refractivity (Wildman–Crippen MR) is 33.7 cm³/mol. The third kappa shape index (κ3) is 4.29. The van der Waals surface area contributed by atoms with E-state index in [1.54, 1.807) is 0 Å². The van der Waals surface area contributed by atoms with E-state index in [1.165, 1.54) is 0 Å². The lowest BCUT2D eigenvalue weighted by molar-refractivity contribution is -0.146. The molecule has 0 aliphatic carbocycles. The first-order chi connectivity index (χ1) is 5.07. The minimum atomic E-state index is -1.62. The van der Waals surface area contributed by atoms with Crippen LogP contribution in [0.25, 0.3) is 0 Å². The fraction of sp³-hybridized carbons (Fsp3) is 0.600. The first kappa shape index (κ1) is 9.86. The van der Waals surface area contributed by atoms with Crippen molar-refractivity contribution in [2.75, 3.05) is 13.2 Å². The second kappa shape index (κ2) is 4.64. The van der Waals surface area contributed by atoms with Gasteiger partial charge in [-0.1, -0.05) is 0 Å². The molecule has 0 radical (unpaired) electrons. The number of carbonyl (C=O) groups excluding carboxylic acids is 1. The predicted octanol–water partition coefficient (Wildman–Crippen LogP) is -2.46. The Morgan fingerprint density at radius 2 is 2.00 bits per heavy atom. The Balaban J connectivity index is 3.54. The highest BCUT2D eigenvalue weighted by Crippen LogP contribution is 1.78. The van der Waals surface area contributed by atoms with Crippen molar-refractivity contribution in [1.29, 1.82) is 0 Å². The summed E-state index contributed by atoms with van der Waals surface area (Å²) >= 11 is 0. The van der Waals surface area contributed by atoms with E-state index in [9.17, 15) is 9.59 Å². The van der Waals surface area contributed by atoms with Gasteiger partial charge in [0.15, 0.2) is 6.10 Å². The van der Waals surface area contributed by atoms with Crippen molar-refractivity contribution in [1.82, 2.24) is 5.32 Å². The Bertz CT molecular complexity index is 157. The monoisotopic (exact) mass is 163 g/mol. The van der Waals surface area contributed by atoms with Crippen molar-refractivity contribution in [3.63, 3.8) is 0 Å². The fourth-order valence-electron chi connectivity index (χ4n) is 0.354. The Hall–Kier alpha value is -1.14. The van der Waals surface area contributed by atoms with Gasteiger partial charge in [0.25, 0.3) is 0 Å². The van der Waals surface area contributed by atoms with E-state index in [1.807, 2.05) is 5.32 Å². The van der Waals surface area contributed by atoms with Crippen molar-refractivity contribution in [2.24, 2.45) is 0 Å². The molecule has 0 aliphatic heterocycles. The number of amides is 1. The number of hydrogen-bond acceptors (Lipinski definition) is 4. The number of aliphatic carboxylic acids is 1. The van der Waals surface area contributed by atoms with Crippen molar-refractivity contribution in [3.05, 3.63) is 0 Å². The molecule has 1 amide bonds. The highest BCUT2D eigenvalue weighted by Gasteiger charge is 2.13. The summed E-state index contributed by atoms with van der Waals surface area (Å²) in [5.74, 6) is -2.13. The average Bonchev–Trinajstić information content (AvgIpc) is 1.99. The molecule has 0 rings (SSSR count). The number of carbonyl (C=O) groups is 2. The molecule has 0 aliphatic rings. The summed E-state index contributed by atoms with van der Waals surface area (Å²) in [5.41, 5.74) is 0. The van der Waals surface area contributed by atoms with E-state index in [-0.39, 0.29) is 0 Å². The molecule has 0 aromatic carbocycles. The van der Waals surface area contributed by atoms with Crippen LogP contribution in [0, 0.1) is 0 Å². The molecule has 6 nitrogen and oxygen atoms in total. The maximum Gasteiger partial charge on any atom is 0.334 e. The van der Waals surface area contributed by atoms with Crippen LogP contribution >= 0.6 is 0 Å². The molecule has 64 valence electrons. The van der Waals surface area contributed by atoms with E-state index in [0.29, 0.717) is 0 Å². The van der Waals surface area contributed by atoms with Crippen molar-refractivity contribution < 1.29 is 24.9 Å². The van der Waals surface area contributed by atoms with Crippen molar-refractivity contribution in [2.45, 2.75) is 6.10 Å². The van der Waals surface area contributed by atoms with Gasteiger partial charge in [-0.2, -0.15) is 0 Å². The molecular formula is C5H9NO5. The van der Waals surface area contributed by atoms with Crippen LogP contribution in [0.2, 0.25) is 0 Å². The zero-order valence-electron chi connectivity index (χ0n) is 5.65. The maximum atomic E-state index is 10.3. The molecule has 11 heavy (non-hydrogen) atoms. The topological polar surface area (TPSA) is 107 Å². The summed E-state index contributed by atoms with van der Waals surface area (Å²) in [4.78, 5) is 20.2. The normalized spacial score (nSPS) is 12.2. The smallest absolute Gasteiger partial charge is 0.334 e. The third-order valence-corrected chi connectivity index (χ3v) is 0.921. The molecule has 0 spiro atoms. The van der Waals surface area contributed by atoms with Gasteiger partial charge in [0, 0.05) is 0 Å². The van der Waals surface area contributed by atoms with Crippen molar-refractivity contribution >= 4 is 11.9 Å². The lowest BCUT2D eigenvalue weighted by Gasteiger charge is -2.05. The lowest BCUT2D eigenvalue weighted by atomic mass is 10.3. The molecule has 6 heteroatoms. The zero-order valence-corrected chi connectivity index (χ0v) is 5.65. The zero-order chi connectivity index (χ0) is 8.85. The van der Waals surface area contributed by atoms with Crippen LogP contribution < -0.4 is 5.32 Å². The van der Waals surface area contributed by atoms with E-state index in [0.717, 1.165) is 0 Å². The summed E-state index contributed by atoms with van der Waals surface area (Å²) in [6.45, 7) is -1.11. The molecule has 0 aromatic rings. The summed E-state index contributed by atoms with van der Waals surface area (Å²) in [5, 5.41) is 26.8. The second-order valence-electron chi connectivity index (χ2n) is 1.82. The molecule has 0 saturated heterocycles. The summed E-state index contributed by atoms with van der Waals surface area (Å²) in [6, 6.07) is 0. The van der Waals surface area contributed by atoms with Gasteiger partial charge in [-0.15, -0.1) is 0 Å². The first-order valence-electron chi connectivity index (χ1n) is 2.86. The number of aliphatic hydroxyl groups is 2. The van der Waals surface area contributed by atoms with E-state index in [4.69, 9.17) is 15.3 Å². The van der Waals surface area contributed by atoms with E-state index >= 15 is 0 Å². The molecule has 0 fully saturated rings. The minimum Gasteiger partial charge on any atom is -0.479 e. The SMILES string of the molecule is O=C(CO)NC[C@@H](O)C(=O)O. The minimum absolute atomic E-state index is 0.394. The Kier molecular flexibility index (Phi) is 4.16. The number of rotatable bonds is 4. The van der Waals surface area contributed by atoms with Gasteiger partial charge in [-0.05, 0) is 0 Å². The molecular weight excluding hydrogens is 154 g/mol. The number of carboxylic acids is 1. The van der Waals surface area contributed by atoms with Crippen LogP contribution in [0.5, 0.6) is 0 Å². The van der Waals surface area contributed by atoms with Crippen molar-refractivity contribution in [3.8, 4) is 0 Å². The van der Waals surface area contributed by atoms with Gasteiger partial charge >= 0.3 is 5.97 Å². The van der Waals surface area contributed by atoms with E-state index < -0.39 is 31.1 Å². The fourth-order valence-corrected chi connectivity index (χ4v) is 0.354. The summed E-state index contributed by atoms with van der Waals surface area (Å²) < 4.78 is 0. The lowest BCUT2D eigenvalue weighted by Crippen LogP contribution is -2.37. The largest absolute Gasteiger partial charge is 0.479 e. The van der Waals surface area contributed by atoms with Gasteiger partial charge in [-0.25, -0.2) is 4.79 Å². The molecule has 0 unspecified atom stereocenters. The standard InChI is InChI=1S/C5H9NO5/c7-2-4(9)6-1-3(8)5(10)11/h3,7-8H,1-2H2,(H,6,9)(H,10,11)/t3-/m1/s1. The summed E-state index contributed by atoms with van der Waals surface area (Å²) in [6.07, 6.45) is -1.62. The number of aliphatic hydroxyl groups excluding tert-OH is 2. The number of hydrogen-bond donors (Lipinski definition) is 4. The summed E-state index contributed by atoms with van der Waals surface area (Å²) in [7, 11) is 0. The first-order valence-corrected chi connectivity index (χ1v) is 2.86. The molecule has 0 saturated carbocycles. The van der Waals surface area contributed by atoms with Gasteiger partial charge in [-0.3, -0.25) is 4.79 Å². The van der Waals surface area contributed by atoms with Crippen LogP contribution in [-0.2, 0) is 9.59 Å². The number of carboxylic acid groups (broad SMARTS) is 1. The third-order valence-electron chi connectivity index (χ3n) is 0.921. The van der Waals surface area contributed by atoms with Crippen LogP contribution in [-0.4, -0.2) is 46.5 Å². The Morgan fingerprint density at radius 1 is 1.45 bits per heavy atom. The molecule has 0 bridgehead atoms. The highest BCUT2D eigenvalue weighted by atomic mass is 16.4. The molecule has 0 aromatic heterocycles. The molecule has 0 heterocycles. The second-order valence-corrected chi connectivity index (χ2v) is 1.82. The van der Waals surface area contributed by atoms with Crippen LogP contribution in [0.1, 0.15) is 0 Å². The highest BCUT2D eigenvalue weighted by molar-refractivity contribution is 5.78. The van der Waals surface area contributed by atoms with Crippen LogP contribution in [0.15, 0.2) is 0 Å². The Labute approximate surface area is 62.5 Å². The van der Waals surface area contributed by atoms with E-state index in [2.05, 4.69) is 0 Å². The average molecular weight is 163 g/mol. The van der Waals surface area contributed by atoms with Gasteiger partial charge < -0.3 is 20.6 Å². The van der Waals surface area contributed by atoms with Gasteiger partial charge in [0.2, 0.25) is 5.91 Å². The Morgan fingerprint density at radius 3 is 2.36 bits per heavy atom. The van der Waals surface area contributed by atoms with Gasteiger partial charge in [0.1, 0.15) is 6.61 Å².